The van der Waals surface area contributed by atoms with Gasteiger partial charge < -0.3 is 9.30 Å². The smallest absolute Gasteiger partial charge is 0.283 e. The van der Waals surface area contributed by atoms with Crippen LogP contribution in [0.4, 0.5) is 0 Å². The number of ether oxygens (including phenoxy) is 1. The number of aromatic nitrogens is 1. The van der Waals surface area contributed by atoms with Crippen LogP contribution in [0.3, 0.4) is 0 Å². The van der Waals surface area contributed by atoms with E-state index in [2.05, 4.69) is 20.7 Å². The maximum Gasteiger partial charge on any atom is 0.283 e. The van der Waals surface area contributed by atoms with Gasteiger partial charge in [-0.25, -0.2) is 0 Å². The monoisotopic (exact) mass is 489 g/mol. The van der Waals surface area contributed by atoms with E-state index in [1.165, 1.54) is 21.6 Å². The first-order valence-corrected chi connectivity index (χ1v) is 12.6. The summed E-state index contributed by atoms with van der Waals surface area (Å²) in [5, 5.41) is 18.0. The zero-order chi connectivity index (χ0) is 23.8. The van der Waals surface area contributed by atoms with E-state index in [1.807, 2.05) is 62.5 Å². The molecule has 0 aliphatic carbocycles. The summed E-state index contributed by atoms with van der Waals surface area (Å²) >= 11 is 3.01. The SMILES string of the molecule is CCOc1ccc(-n2c(C)cc(C=C3C(=N)N4N=C(Cc5cccs5)SC4=NC3=O)c2C)cc1. The number of hydrogen-bond donors (Lipinski definition) is 1. The van der Waals surface area contributed by atoms with Crippen LogP contribution < -0.4 is 4.74 Å². The summed E-state index contributed by atoms with van der Waals surface area (Å²) in [6, 6.07) is 14.0. The van der Waals surface area contributed by atoms with Gasteiger partial charge in [-0.3, -0.25) is 10.2 Å². The number of aryl methyl sites for hydroxylation is 1. The van der Waals surface area contributed by atoms with Crippen LogP contribution in [0.5, 0.6) is 5.75 Å². The number of amides is 1. The molecular formula is C25H23N5O2S2. The van der Waals surface area contributed by atoms with Crippen LogP contribution >= 0.6 is 23.1 Å². The number of benzene rings is 1. The molecule has 0 fully saturated rings. The van der Waals surface area contributed by atoms with E-state index in [0.717, 1.165) is 33.4 Å². The van der Waals surface area contributed by atoms with Crippen molar-refractivity contribution in [1.29, 1.82) is 5.41 Å². The number of carbonyl (C=O) groups excluding carboxylic acids is 1. The van der Waals surface area contributed by atoms with Crippen LogP contribution in [0.25, 0.3) is 11.8 Å². The third-order valence-corrected chi connectivity index (χ3v) is 7.36. The maximum absolute atomic E-state index is 12.8. The van der Waals surface area contributed by atoms with Gasteiger partial charge in [-0.2, -0.15) is 15.1 Å². The van der Waals surface area contributed by atoms with Crippen molar-refractivity contribution in [3.8, 4) is 11.4 Å². The Morgan fingerprint density at radius 1 is 1.18 bits per heavy atom. The average Bonchev–Trinajstić information content (AvgIpc) is 3.53. The standard InChI is InChI=1S/C25H23N5O2S2/c1-4-32-19-9-7-18(8-10-19)29-15(2)12-17(16(29)3)13-21-23(26)30-25(27-24(21)31)34-22(28-30)14-20-6-5-11-33-20/h5-13,26H,4,14H2,1-3H3. The molecule has 0 saturated heterocycles. The lowest BCUT2D eigenvalue weighted by molar-refractivity contribution is -0.114. The molecule has 5 rings (SSSR count). The van der Waals surface area contributed by atoms with E-state index in [9.17, 15) is 4.79 Å². The Morgan fingerprint density at radius 2 is 1.97 bits per heavy atom. The van der Waals surface area contributed by atoms with Gasteiger partial charge in [0.25, 0.3) is 5.91 Å². The van der Waals surface area contributed by atoms with Gasteiger partial charge >= 0.3 is 0 Å². The Balaban J connectivity index is 1.44. The average molecular weight is 490 g/mol. The fraction of sp³-hybridized carbons (Fsp3) is 0.200. The van der Waals surface area contributed by atoms with Crippen molar-refractivity contribution in [1.82, 2.24) is 9.58 Å². The molecule has 1 amide bonds. The van der Waals surface area contributed by atoms with Crippen LogP contribution in [0.2, 0.25) is 0 Å². The highest BCUT2D eigenvalue weighted by Gasteiger charge is 2.35. The predicted octanol–water partition coefficient (Wildman–Crippen LogP) is 5.42. The minimum Gasteiger partial charge on any atom is -0.494 e. The van der Waals surface area contributed by atoms with Gasteiger partial charge in [0.2, 0.25) is 5.17 Å². The number of thioether (sulfide) groups is 1. The third kappa shape index (κ3) is 4.12. The van der Waals surface area contributed by atoms with E-state index in [0.29, 0.717) is 18.2 Å². The van der Waals surface area contributed by atoms with Crippen molar-refractivity contribution in [2.45, 2.75) is 27.2 Å². The molecule has 3 aromatic rings. The van der Waals surface area contributed by atoms with Crippen LogP contribution in [0.15, 0.2) is 63.5 Å². The van der Waals surface area contributed by atoms with Crippen molar-refractivity contribution in [3.63, 3.8) is 0 Å². The van der Waals surface area contributed by atoms with E-state index in [1.54, 1.807) is 17.4 Å². The molecule has 0 atom stereocenters. The topological polar surface area (TPSA) is 83.0 Å². The second-order valence-corrected chi connectivity index (χ2v) is 9.93. The van der Waals surface area contributed by atoms with Crippen LogP contribution in [-0.4, -0.2) is 38.1 Å². The van der Waals surface area contributed by atoms with Gasteiger partial charge in [-0.05, 0) is 86.0 Å². The molecule has 9 heteroatoms. The first-order valence-electron chi connectivity index (χ1n) is 10.9. The van der Waals surface area contributed by atoms with E-state index < -0.39 is 5.91 Å². The van der Waals surface area contributed by atoms with Crippen LogP contribution in [0, 0.1) is 19.3 Å². The Kier molecular flexibility index (Phi) is 5.97. The molecule has 4 heterocycles. The summed E-state index contributed by atoms with van der Waals surface area (Å²) in [5.74, 6) is 0.463. The number of carbonyl (C=O) groups is 1. The Bertz CT molecular complexity index is 1360. The van der Waals surface area contributed by atoms with Gasteiger partial charge in [0.05, 0.1) is 12.2 Å². The van der Waals surface area contributed by atoms with Crippen molar-refractivity contribution < 1.29 is 9.53 Å². The highest BCUT2D eigenvalue weighted by Crippen LogP contribution is 2.31. The lowest BCUT2D eigenvalue weighted by atomic mass is 10.1. The second-order valence-electron chi connectivity index (χ2n) is 7.86. The maximum atomic E-state index is 12.8. The Hall–Kier alpha value is -3.43. The number of rotatable bonds is 6. The molecule has 34 heavy (non-hydrogen) atoms. The van der Waals surface area contributed by atoms with Crippen molar-refractivity contribution in [2.75, 3.05) is 6.61 Å². The first kappa shape index (κ1) is 22.4. The zero-order valence-electron chi connectivity index (χ0n) is 19.0. The van der Waals surface area contributed by atoms with Crippen molar-refractivity contribution in [3.05, 3.63) is 75.2 Å². The van der Waals surface area contributed by atoms with Crippen LogP contribution in [0.1, 0.15) is 28.8 Å². The Morgan fingerprint density at radius 3 is 2.68 bits per heavy atom. The molecule has 0 saturated carbocycles. The summed E-state index contributed by atoms with van der Waals surface area (Å²) in [6.45, 7) is 6.61. The molecule has 172 valence electrons. The second kappa shape index (κ2) is 9.08. The van der Waals surface area contributed by atoms with Crippen molar-refractivity contribution >= 4 is 51.1 Å². The van der Waals surface area contributed by atoms with E-state index in [4.69, 9.17) is 10.1 Å². The van der Waals surface area contributed by atoms with Gasteiger partial charge in [-0.15, -0.1) is 11.3 Å². The summed E-state index contributed by atoms with van der Waals surface area (Å²) in [7, 11) is 0. The van der Waals surface area contributed by atoms with Crippen LogP contribution in [-0.2, 0) is 11.2 Å². The first-order chi connectivity index (χ1) is 16.4. The molecule has 7 nitrogen and oxygen atoms in total. The zero-order valence-corrected chi connectivity index (χ0v) is 20.7. The number of hydrogen-bond acceptors (Lipinski definition) is 6. The number of fused-ring (bicyclic) bond motifs is 1. The molecule has 0 spiro atoms. The van der Waals surface area contributed by atoms with Gasteiger partial charge in [-0.1, -0.05) is 6.07 Å². The lowest BCUT2D eigenvalue weighted by Crippen LogP contribution is -2.35. The Labute approximate surface area is 206 Å². The fourth-order valence-electron chi connectivity index (χ4n) is 4.01. The molecule has 0 radical (unpaired) electrons. The largest absolute Gasteiger partial charge is 0.494 e. The summed E-state index contributed by atoms with van der Waals surface area (Å²) < 4.78 is 7.67. The molecule has 1 aromatic carbocycles. The number of amidine groups is 2. The van der Waals surface area contributed by atoms with E-state index >= 15 is 0 Å². The van der Waals surface area contributed by atoms with E-state index in [-0.39, 0.29) is 11.4 Å². The number of nitrogens with one attached hydrogen (secondary N) is 1. The highest BCUT2D eigenvalue weighted by molar-refractivity contribution is 8.27. The van der Waals surface area contributed by atoms with Gasteiger partial charge in [0, 0.05) is 28.4 Å². The third-order valence-electron chi connectivity index (χ3n) is 5.58. The molecule has 0 bridgehead atoms. The number of nitrogens with zero attached hydrogens (tertiary/aromatic N) is 4. The molecule has 2 aliphatic rings. The molecule has 2 aliphatic heterocycles. The lowest BCUT2D eigenvalue weighted by Gasteiger charge is -2.20. The summed E-state index contributed by atoms with van der Waals surface area (Å²) in [6.07, 6.45) is 2.41. The number of aliphatic imine (C=N–C) groups is 1. The fourth-order valence-corrected chi connectivity index (χ4v) is 5.72. The minimum atomic E-state index is -0.415. The number of thiophene rings is 1. The van der Waals surface area contributed by atoms with Gasteiger partial charge in [0.1, 0.15) is 10.8 Å². The van der Waals surface area contributed by atoms with Crippen molar-refractivity contribution in [2.24, 2.45) is 10.1 Å². The normalized spacial score (nSPS) is 16.7. The summed E-state index contributed by atoms with van der Waals surface area (Å²) in [5.41, 5.74) is 4.11. The summed E-state index contributed by atoms with van der Waals surface area (Å²) in [4.78, 5) is 18.2. The minimum absolute atomic E-state index is 0.0505. The quantitative estimate of drug-likeness (QED) is 0.469. The molecule has 1 N–H and O–H groups in total. The molecule has 0 unspecified atom stereocenters. The predicted molar refractivity (Wildman–Crippen MR) is 139 cm³/mol. The van der Waals surface area contributed by atoms with Gasteiger partial charge in [0.15, 0.2) is 5.84 Å². The molecular weight excluding hydrogens is 466 g/mol. The molecule has 2 aromatic heterocycles. The number of hydrazone groups is 1. The highest BCUT2D eigenvalue weighted by atomic mass is 32.2.